The summed E-state index contributed by atoms with van der Waals surface area (Å²) in [6.07, 6.45) is 9.23. The van der Waals surface area contributed by atoms with E-state index in [0.29, 0.717) is 12.5 Å². The first-order valence-corrected chi connectivity index (χ1v) is 12.0. The summed E-state index contributed by atoms with van der Waals surface area (Å²) in [4.78, 5) is 4.70. The molecule has 0 bridgehead atoms. The number of nitriles is 1. The molecule has 9 heteroatoms. The van der Waals surface area contributed by atoms with Crippen LogP contribution in [0.2, 0.25) is 5.02 Å². The van der Waals surface area contributed by atoms with Crippen LogP contribution < -0.4 is 0 Å². The summed E-state index contributed by atoms with van der Waals surface area (Å²) in [5, 5.41) is 23.2. The summed E-state index contributed by atoms with van der Waals surface area (Å²) < 4.78 is 4.28. The Kier molecular flexibility index (Phi) is 5.24. The van der Waals surface area contributed by atoms with Crippen molar-refractivity contribution in [3.63, 3.8) is 0 Å². The first-order chi connectivity index (χ1) is 16.6. The third-order valence-corrected chi connectivity index (χ3v) is 7.18. The average molecular weight is 473 g/mol. The van der Waals surface area contributed by atoms with Crippen molar-refractivity contribution in [1.82, 2.24) is 34.3 Å². The van der Waals surface area contributed by atoms with Gasteiger partial charge >= 0.3 is 0 Å². The van der Waals surface area contributed by atoms with Crippen LogP contribution in [0.15, 0.2) is 48.7 Å². The van der Waals surface area contributed by atoms with E-state index in [-0.39, 0.29) is 12.1 Å². The number of halogens is 1. The zero-order valence-electron chi connectivity index (χ0n) is 18.9. The van der Waals surface area contributed by atoms with E-state index in [9.17, 15) is 0 Å². The van der Waals surface area contributed by atoms with Gasteiger partial charge in [0.15, 0.2) is 5.82 Å². The van der Waals surface area contributed by atoms with E-state index in [4.69, 9.17) is 22.0 Å². The molecule has 0 saturated carbocycles. The molecule has 6 rings (SSSR count). The molecule has 1 aromatic carbocycles. The number of benzene rings is 1. The number of rotatable bonds is 6. The molecule has 0 spiro atoms. The monoisotopic (exact) mass is 472 g/mol. The van der Waals surface area contributed by atoms with Gasteiger partial charge in [-0.1, -0.05) is 29.8 Å². The third-order valence-electron chi connectivity index (χ3n) is 6.95. The van der Waals surface area contributed by atoms with Crippen LogP contribution in [0.25, 0.3) is 11.8 Å². The summed E-state index contributed by atoms with van der Waals surface area (Å²) >= 11 is 6.29. The number of hydrogen-bond acceptors (Lipinski definition) is 6. The van der Waals surface area contributed by atoms with Gasteiger partial charge < -0.3 is 9.47 Å². The molecule has 2 unspecified atom stereocenters. The van der Waals surface area contributed by atoms with Gasteiger partial charge in [0.25, 0.3) is 0 Å². The second-order valence-corrected chi connectivity index (χ2v) is 9.56. The lowest BCUT2D eigenvalue weighted by Crippen LogP contribution is -2.48. The molecular formula is C25H25ClN8. The SMILES string of the molecule is Cc1nnc2n1C1C=C(c3ccn(C4CN(CCC#N)C4)n3)N(Cc3cccc(Cl)c3)C1C=C2. The molecule has 3 aliphatic heterocycles. The van der Waals surface area contributed by atoms with Gasteiger partial charge in [-0.15, -0.1) is 10.2 Å². The van der Waals surface area contributed by atoms with E-state index >= 15 is 0 Å². The second-order valence-electron chi connectivity index (χ2n) is 9.13. The summed E-state index contributed by atoms with van der Waals surface area (Å²) in [5.41, 5.74) is 3.23. The van der Waals surface area contributed by atoms with Crippen LogP contribution in [0.5, 0.6) is 0 Å². The van der Waals surface area contributed by atoms with Crippen molar-refractivity contribution in [2.75, 3.05) is 19.6 Å². The van der Waals surface area contributed by atoms with Crippen LogP contribution >= 0.6 is 11.6 Å². The van der Waals surface area contributed by atoms with Crippen molar-refractivity contribution in [3.05, 3.63) is 76.6 Å². The summed E-state index contributed by atoms with van der Waals surface area (Å²) in [6, 6.07) is 13.0. The quantitative estimate of drug-likeness (QED) is 0.544. The lowest BCUT2D eigenvalue weighted by atomic mass is 10.1. The number of aromatic nitrogens is 5. The molecule has 0 N–H and O–H groups in total. The minimum atomic E-state index is 0.111. The predicted octanol–water partition coefficient (Wildman–Crippen LogP) is 3.70. The van der Waals surface area contributed by atoms with Gasteiger partial charge in [-0.2, -0.15) is 10.4 Å². The van der Waals surface area contributed by atoms with E-state index < -0.39 is 0 Å². The molecular weight excluding hydrogens is 448 g/mol. The topological polar surface area (TPSA) is 78.8 Å². The van der Waals surface area contributed by atoms with Gasteiger partial charge in [0.2, 0.25) is 0 Å². The van der Waals surface area contributed by atoms with Crippen molar-refractivity contribution in [2.45, 2.75) is 38.0 Å². The minimum Gasteiger partial charge on any atom is -0.357 e. The van der Waals surface area contributed by atoms with Crippen LogP contribution in [-0.4, -0.2) is 60.0 Å². The van der Waals surface area contributed by atoms with E-state index in [1.54, 1.807) is 0 Å². The predicted molar refractivity (Wildman–Crippen MR) is 130 cm³/mol. The Bertz CT molecular complexity index is 1320. The smallest absolute Gasteiger partial charge is 0.157 e. The van der Waals surface area contributed by atoms with E-state index in [2.05, 4.69) is 71.9 Å². The molecule has 8 nitrogen and oxygen atoms in total. The fourth-order valence-electron chi connectivity index (χ4n) is 5.23. The van der Waals surface area contributed by atoms with E-state index in [0.717, 1.165) is 59.8 Å². The normalized spacial score (nSPS) is 21.7. The molecule has 3 aromatic rings. The number of nitrogens with zero attached hydrogens (tertiary/aromatic N) is 8. The standard InChI is InChI=1S/C25H25ClN8/c1-17-28-29-25-7-6-22-24(34(17)25)13-23(32(22)14-18-4-2-5-19(26)12-18)21-8-11-33(30-21)20-15-31(16-20)10-3-9-27/h2,4-8,11-13,20,22,24H,3,10,14-16H2,1H3. The molecule has 172 valence electrons. The van der Waals surface area contributed by atoms with Gasteiger partial charge in [-0.25, -0.2) is 0 Å². The Labute approximate surface area is 203 Å². The molecule has 0 aliphatic carbocycles. The highest BCUT2D eigenvalue weighted by molar-refractivity contribution is 6.30. The Hall–Kier alpha value is -3.41. The van der Waals surface area contributed by atoms with E-state index in [1.807, 2.05) is 25.1 Å². The van der Waals surface area contributed by atoms with Crippen LogP contribution in [0.1, 0.15) is 41.4 Å². The van der Waals surface area contributed by atoms with Crippen molar-refractivity contribution < 1.29 is 0 Å². The fraction of sp³-hybridized carbons (Fsp3) is 0.360. The summed E-state index contributed by atoms with van der Waals surface area (Å²) in [6.45, 7) is 5.43. The zero-order chi connectivity index (χ0) is 23.2. The third kappa shape index (κ3) is 3.61. The Morgan fingerprint density at radius 2 is 2.06 bits per heavy atom. The van der Waals surface area contributed by atoms with Crippen LogP contribution in [-0.2, 0) is 6.54 Å². The lowest BCUT2D eigenvalue weighted by molar-refractivity contribution is 0.101. The molecule has 2 atom stereocenters. The number of fused-ring (bicyclic) bond motifs is 3. The minimum absolute atomic E-state index is 0.111. The number of aryl methyl sites for hydroxylation is 1. The first kappa shape index (κ1) is 21.1. The van der Waals surface area contributed by atoms with E-state index in [1.165, 1.54) is 0 Å². The fourth-order valence-corrected chi connectivity index (χ4v) is 5.45. The van der Waals surface area contributed by atoms with Crippen LogP contribution in [0.4, 0.5) is 0 Å². The van der Waals surface area contributed by atoms with Gasteiger partial charge in [-0.3, -0.25) is 9.58 Å². The van der Waals surface area contributed by atoms with Gasteiger partial charge in [0, 0.05) is 43.8 Å². The van der Waals surface area contributed by atoms with Crippen molar-refractivity contribution in [3.8, 4) is 6.07 Å². The molecule has 5 heterocycles. The Morgan fingerprint density at radius 3 is 2.88 bits per heavy atom. The Balaban J connectivity index is 1.31. The zero-order valence-corrected chi connectivity index (χ0v) is 19.7. The Morgan fingerprint density at radius 1 is 1.18 bits per heavy atom. The van der Waals surface area contributed by atoms with Crippen LogP contribution in [0.3, 0.4) is 0 Å². The summed E-state index contributed by atoms with van der Waals surface area (Å²) in [5.74, 6) is 1.79. The molecule has 0 radical (unpaired) electrons. The highest BCUT2D eigenvalue weighted by Crippen LogP contribution is 2.41. The molecule has 0 amide bonds. The van der Waals surface area contributed by atoms with Gasteiger partial charge in [0.1, 0.15) is 11.5 Å². The summed E-state index contributed by atoms with van der Waals surface area (Å²) in [7, 11) is 0. The molecule has 2 aromatic heterocycles. The maximum atomic E-state index is 8.81. The first-order valence-electron chi connectivity index (χ1n) is 11.6. The maximum absolute atomic E-state index is 8.81. The molecule has 1 fully saturated rings. The maximum Gasteiger partial charge on any atom is 0.157 e. The van der Waals surface area contributed by atoms with Crippen molar-refractivity contribution in [2.24, 2.45) is 0 Å². The molecule has 1 saturated heterocycles. The number of likely N-dealkylation sites (tertiary alicyclic amines) is 1. The molecule has 34 heavy (non-hydrogen) atoms. The van der Waals surface area contributed by atoms with Crippen molar-refractivity contribution in [1.29, 1.82) is 5.26 Å². The van der Waals surface area contributed by atoms with Gasteiger partial charge in [-0.05, 0) is 42.8 Å². The largest absolute Gasteiger partial charge is 0.357 e. The second kappa shape index (κ2) is 8.42. The van der Waals surface area contributed by atoms with Crippen molar-refractivity contribution >= 4 is 23.4 Å². The number of hydrogen-bond donors (Lipinski definition) is 0. The molecule has 3 aliphatic rings. The van der Waals surface area contributed by atoms with Gasteiger partial charge in [0.05, 0.1) is 29.9 Å². The lowest BCUT2D eigenvalue weighted by Gasteiger charge is -2.38. The highest BCUT2D eigenvalue weighted by Gasteiger charge is 2.39. The highest BCUT2D eigenvalue weighted by atomic mass is 35.5. The average Bonchev–Trinajstić information content (AvgIpc) is 3.51. The van der Waals surface area contributed by atoms with Crippen LogP contribution in [0, 0.1) is 18.3 Å².